The standard InChI is InChI=1S/C8H13NO3/c1-5-3-6(4-7(10)11)8(12)9(5)2/h5-6H,3-4H2,1-2H3,(H,10,11). The van der Waals surface area contributed by atoms with Gasteiger partial charge in [-0.1, -0.05) is 0 Å². The van der Waals surface area contributed by atoms with Crippen LogP contribution in [0.3, 0.4) is 0 Å². The Morgan fingerprint density at radius 3 is 2.67 bits per heavy atom. The number of likely N-dealkylation sites (tertiary alicyclic amines) is 1. The Balaban J connectivity index is 2.59. The number of carbonyl (C=O) groups excluding carboxylic acids is 1. The minimum absolute atomic E-state index is 0.0342. The highest BCUT2D eigenvalue weighted by Gasteiger charge is 2.35. The summed E-state index contributed by atoms with van der Waals surface area (Å²) in [5.41, 5.74) is 0. The molecule has 0 aromatic heterocycles. The molecule has 0 bridgehead atoms. The number of nitrogens with zero attached hydrogens (tertiary/aromatic N) is 1. The van der Waals surface area contributed by atoms with E-state index in [9.17, 15) is 9.59 Å². The van der Waals surface area contributed by atoms with Gasteiger partial charge in [0.25, 0.3) is 0 Å². The molecule has 2 atom stereocenters. The largest absolute Gasteiger partial charge is 0.481 e. The number of carboxylic acid groups (broad SMARTS) is 1. The highest BCUT2D eigenvalue weighted by molar-refractivity contribution is 5.85. The zero-order valence-corrected chi connectivity index (χ0v) is 7.28. The second kappa shape index (κ2) is 3.13. The highest BCUT2D eigenvalue weighted by atomic mass is 16.4. The fraction of sp³-hybridized carbons (Fsp3) is 0.750. The molecular formula is C8H13NO3. The molecule has 1 fully saturated rings. The van der Waals surface area contributed by atoms with E-state index in [2.05, 4.69) is 0 Å². The minimum Gasteiger partial charge on any atom is -0.481 e. The topological polar surface area (TPSA) is 57.6 Å². The summed E-state index contributed by atoms with van der Waals surface area (Å²) in [6.07, 6.45) is 0.634. The normalized spacial score (nSPS) is 29.5. The molecular weight excluding hydrogens is 158 g/mol. The van der Waals surface area contributed by atoms with Crippen LogP contribution in [-0.4, -0.2) is 35.0 Å². The molecule has 12 heavy (non-hydrogen) atoms. The molecule has 0 spiro atoms. The van der Waals surface area contributed by atoms with E-state index >= 15 is 0 Å². The summed E-state index contributed by atoms with van der Waals surface area (Å²) in [6, 6.07) is 0.182. The van der Waals surface area contributed by atoms with Crippen LogP contribution in [0.25, 0.3) is 0 Å². The molecule has 0 aliphatic carbocycles. The summed E-state index contributed by atoms with van der Waals surface area (Å²) in [7, 11) is 1.72. The van der Waals surface area contributed by atoms with Gasteiger partial charge in [-0.15, -0.1) is 0 Å². The molecule has 4 heteroatoms. The van der Waals surface area contributed by atoms with Gasteiger partial charge in [-0.2, -0.15) is 0 Å². The molecule has 1 saturated heterocycles. The molecule has 0 saturated carbocycles. The Labute approximate surface area is 71.2 Å². The lowest BCUT2D eigenvalue weighted by atomic mass is 10.0. The van der Waals surface area contributed by atoms with E-state index in [1.54, 1.807) is 11.9 Å². The Morgan fingerprint density at radius 1 is 1.75 bits per heavy atom. The van der Waals surface area contributed by atoms with Gasteiger partial charge in [0.15, 0.2) is 0 Å². The molecule has 68 valence electrons. The van der Waals surface area contributed by atoms with E-state index in [0.717, 1.165) is 0 Å². The number of aliphatic carboxylic acids is 1. The van der Waals surface area contributed by atoms with Crippen molar-refractivity contribution in [1.82, 2.24) is 4.90 Å². The van der Waals surface area contributed by atoms with E-state index in [4.69, 9.17) is 5.11 Å². The summed E-state index contributed by atoms with van der Waals surface area (Å²) < 4.78 is 0. The third-order valence-electron chi connectivity index (χ3n) is 2.40. The summed E-state index contributed by atoms with van der Waals surface area (Å²) in [4.78, 5) is 23.3. The van der Waals surface area contributed by atoms with Gasteiger partial charge in [0.05, 0.1) is 12.3 Å². The van der Waals surface area contributed by atoms with Crippen molar-refractivity contribution >= 4 is 11.9 Å². The first-order valence-electron chi connectivity index (χ1n) is 4.01. The number of carboxylic acids is 1. The van der Waals surface area contributed by atoms with Crippen LogP contribution in [0.2, 0.25) is 0 Å². The van der Waals surface area contributed by atoms with E-state index in [1.807, 2.05) is 6.92 Å². The van der Waals surface area contributed by atoms with Crippen molar-refractivity contribution in [2.75, 3.05) is 7.05 Å². The second-order valence-electron chi connectivity index (χ2n) is 3.33. The fourth-order valence-electron chi connectivity index (χ4n) is 1.56. The average Bonchev–Trinajstić information content (AvgIpc) is 2.17. The molecule has 0 aromatic rings. The first-order chi connectivity index (χ1) is 5.52. The smallest absolute Gasteiger partial charge is 0.304 e. The Hall–Kier alpha value is -1.06. The van der Waals surface area contributed by atoms with Gasteiger partial charge < -0.3 is 10.0 Å². The van der Waals surface area contributed by atoms with Crippen LogP contribution in [0.1, 0.15) is 19.8 Å². The number of hydrogen-bond donors (Lipinski definition) is 1. The molecule has 1 heterocycles. The molecule has 0 radical (unpaired) electrons. The summed E-state index contributed by atoms with van der Waals surface area (Å²) in [5, 5.41) is 8.49. The maximum Gasteiger partial charge on any atom is 0.304 e. The van der Waals surface area contributed by atoms with Gasteiger partial charge in [-0.3, -0.25) is 9.59 Å². The Kier molecular flexibility index (Phi) is 2.35. The molecule has 2 unspecified atom stereocenters. The predicted molar refractivity (Wildman–Crippen MR) is 42.6 cm³/mol. The van der Waals surface area contributed by atoms with Crippen molar-refractivity contribution in [2.24, 2.45) is 5.92 Å². The SMILES string of the molecule is CC1CC(CC(=O)O)C(=O)N1C. The molecule has 4 nitrogen and oxygen atoms in total. The molecule has 1 aliphatic heterocycles. The Morgan fingerprint density at radius 2 is 2.33 bits per heavy atom. The van der Waals surface area contributed by atoms with Gasteiger partial charge >= 0.3 is 5.97 Å². The highest BCUT2D eigenvalue weighted by Crippen LogP contribution is 2.25. The zero-order valence-electron chi connectivity index (χ0n) is 7.28. The van der Waals surface area contributed by atoms with Crippen LogP contribution in [0.5, 0.6) is 0 Å². The van der Waals surface area contributed by atoms with Gasteiger partial charge in [0.2, 0.25) is 5.91 Å². The van der Waals surface area contributed by atoms with E-state index in [-0.39, 0.29) is 24.3 Å². The van der Waals surface area contributed by atoms with E-state index in [0.29, 0.717) is 6.42 Å². The van der Waals surface area contributed by atoms with Crippen molar-refractivity contribution in [3.63, 3.8) is 0 Å². The monoisotopic (exact) mass is 171 g/mol. The van der Waals surface area contributed by atoms with Crippen LogP contribution < -0.4 is 0 Å². The molecule has 0 aromatic carbocycles. The van der Waals surface area contributed by atoms with E-state index < -0.39 is 5.97 Å². The number of amides is 1. The van der Waals surface area contributed by atoms with Crippen molar-refractivity contribution < 1.29 is 14.7 Å². The lowest BCUT2D eigenvalue weighted by Crippen LogP contribution is -2.27. The van der Waals surface area contributed by atoms with Crippen LogP contribution in [0, 0.1) is 5.92 Å². The van der Waals surface area contributed by atoms with Gasteiger partial charge in [0.1, 0.15) is 0 Å². The lowest BCUT2D eigenvalue weighted by Gasteiger charge is -2.13. The van der Waals surface area contributed by atoms with Crippen molar-refractivity contribution in [3.8, 4) is 0 Å². The van der Waals surface area contributed by atoms with Crippen LogP contribution >= 0.6 is 0 Å². The molecule has 1 N–H and O–H groups in total. The third-order valence-corrected chi connectivity index (χ3v) is 2.40. The third kappa shape index (κ3) is 1.57. The number of rotatable bonds is 2. The van der Waals surface area contributed by atoms with Crippen LogP contribution in [-0.2, 0) is 9.59 Å². The van der Waals surface area contributed by atoms with E-state index in [1.165, 1.54) is 0 Å². The van der Waals surface area contributed by atoms with Crippen molar-refractivity contribution in [3.05, 3.63) is 0 Å². The average molecular weight is 171 g/mol. The van der Waals surface area contributed by atoms with Crippen molar-refractivity contribution in [2.45, 2.75) is 25.8 Å². The summed E-state index contributed by atoms with van der Waals surface area (Å²) in [5.74, 6) is -1.23. The van der Waals surface area contributed by atoms with Gasteiger partial charge in [-0.25, -0.2) is 0 Å². The molecule has 1 aliphatic rings. The van der Waals surface area contributed by atoms with Gasteiger partial charge in [-0.05, 0) is 13.3 Å². The second-order valence-corrected chi connectivity index (χ2v) is 3.33. The summed E-state index contributed by atoms with van der Waals surface area (Å²) in [6.45, 7) is 1.93. The van der Waals surface area contributed by atoms with Crippen molar-refractivity contribution in [1.29, 1.82) is 0 Å². The van der Waals surface area contributed by atoms with Crippen LogP contribution in [0.15, 0.2) is 0 Å². The zero-order chi connectivity index (χ0) is 9.30. The molecule has 1 rings (SSSR count). The van der Waals surface area contributed by atoms with Gasteiger partial charge in [0, 0.05) is 13.1 Å². The maximum atomic E-state index is 11.3. The molecule has 1 amide bonds. The first kappa shape index (κ1) is 9.03. The Bertz CT molecular complexity index is 214. The quantitative estimate of drug-likeness (QED) is 0.651. The summed E-state index contributed by atoms with van der Waals surface area (Å²) >= 11 is 0. The number of carbonyl (C=O) groups is 2. The fourth-order valence-corrected chi connectivity index (χ4v) is 1.56. The maximum absolute atomic E-state index is 11.3. The lowest BCUT2D eigenvalue weighted by molar-refractivity contribution is -0.141. The van der Waals surface area contributed by atoms with Crippen LogP contribution in [0.4, 0.5) is 0 Å². The minimum atomic E-state index is -0.893. The predicted octanol–water partition coefficient (Wildman–Crippen LogP) is 0.328. The first-order valence-corrected chi connectivity index (χ1v) is 4.01. The number of hydrogen-bond acceptors (Lipinski definition) is 2.